The summed E-state index contributed by atoms with van der Waals surface area (Å²) < 4.78 is 19.0. The average Bonchev–Trinajstić information content (AvgIpc) is 3.35. The fraction of sp³-hybridized carbons (Fsp3) is 0.0870. The van der Waals surface area contributed by atoms with E-state index in [0.717, 1.165) is 0 Å². The predicted molar refractivity (Wildman–Crippen MR) is 113 cm³/mol. The molecule has 0 radical (unpaired) electrons. The van der Waals surface area contributed by atoms with Crippen LogP contribution in [0.4, 0.5) is 5.69 Å². The molecule has 5 rings (SSSR count). The first-order chi connectivity index (χ1) is 15.2. The summed E-state index contributed by atoms with van der Waals surface area (Å²) in [6.07, 6.45) is 4.51. The summed E-state index contributed by atoms with van der Waals surface area (Å²) in [7, 11) is 0. The summed E-state index contributed by atoms with van der Waals surface area (Å²) in [6.45, 7) is 0.154. The average molecular weight is 414 g/mol. The Morgan fingerprint density at radius 3 is 2.58 bits per heavy atom. The first-order valence-electron chi connectivity index (χ1n) is 9.67. The second kappa shape index (κ2) is 8.19. The number of fused-ring (bicyclic) bond motifs is 1. The van der Waals surface area contributed by atoms with Crippen LogP contribution in [0.5, 0.6) is 23.1 Å². The normalized spacial score (nSPS) is 14.6. The molecule has 1 aliphatic heterocycles. The lowest BCUT2D eigenvalue weighted by atomic mass is 10.2. The Kier molecular flexibility index (Phi) is 4.94. The van der Waals surface area contributed by atoms with Crippen molar-refractivity contribution in [2.75, 3.05) is 11.9 Å². The number of anilines is 1. The van der Waals surface area contributed by atoms with Crippen LogP contribution in [0.25, 0.3) is 5.82 Å². The summed E-state index contributed by atoms with van der Waals surface area (Å²) in [4.78, 5) is 20.9. The predicted octanol–water partition coefficient (Wildman–Crippen LogP) is 3.84. The molecule has 2 aromatic carbocycles. The fourth-order valence-corrected chi connectivity index (χ4v) is 3.11. The number of amides is 1. The first-order valence-corrected chi connectivity index (χ1v) is 9.67. The van der Waals surface area contributed by atoms with Crippen molar-refractivity contribution in [2.45, 2.75) is 6.10 Å². The van der Waals surface area contributed by atoms with Crippen molar-refractivity contribution < 1.29 is 19.0 Å². The maximum atomic E-state index is 12.5. The Balaban J connectivity index is 1.22. The van der Waals surface area contributed by atoms with Crippen LogP contribution in [0.1, 0.15) is 0 Å². The van der Waals surface area contributed by atoms with Crippen LogP contribution in [0.15, 0.2) is 85.5 Å². The number of ether oxygens (including phenoxy) is 3. The van der Waals surface area contributed by atoms with Gasteiger partial charge < -0.3 is 24.1 Å². The van der Waals surface area contributed by atoms with Gasteiger partial charge in [-0.3, -0.25) is 4.79 Å². The molecule has 0 saturated carbocycles. The molecule has 1 aliphatic rings. The van der Waals surface area contributed by atoms with Crippen LogP contribution in [-0.4, -0.2) is 33.2 Å². The molecule has 0 fully saturated rings. The SMILES string of the molecule is O=C(Nc1ccc(Oc2cc(-n3cccc3)ncn2)cc1)C1COc2ccccc2O1. The Hall–Kier alpha value is -4.33. The number of nitrogens with zero attached hydrogens (tertiary/aromatic N) is 3. The van der Waals surface area contributed by atoms with E-state index in [1.165, 1.54) is 6.33 Å². The lowest BCUT2D eigenvalue weighted by molar-refractivity contribution is -0.125. The number of para-hydroxylation sites is 2. The van der Waals surface area contributed by atoms with Crippen LogP contribution in [-0.2, 0) is 4.79 Å². The van der Waals surface area contributed by atoms with Gasteiger partial charge in [0.2, 0.25) is 12.0 Å². The Morgan fingerprint density at radius 2 is 1.77 bits per heavy atom. The lowest BCUT2D eigenvalue weighted by Gasteiger charge is -2.25. The van der Waals surface area contributed by atoms with Gasteiger partial charge >= 0.3 is 0 Å². The zero-order valence-electron chi connectivity index (χ0n) is 16.3. The second-order valence-electron chi connectivity index (χ2n) is 6.78. The molecule has 1 amide bonds. The highest BCUT2D eigenvalue weighted by Gasteiger charge is 2.27. The number of aromatic nitrogens is 3. The van der Waals surface area contributed by atoms with E-state index in [-0.39, 0.29) is 12.5 Å². The van der Waals surface area contributed by atoms with Crippen molar-refractivity contribution in [1.82, 2.24) is 14.5 Å². The van der Waals surface area contributed by atoms with E-state index in [9.17, 15) is 4.79 Å². The maximum Gasteiger partial charge on any atom is 0.269 e. The quantitative estimate of drug-likeness (QED) is 0.534. The number of hydrogen-bond donors (Lipinski definition) is 1. The van der Waals surface area contributed by atoms with Gasteiger partial charge in [-0.25, -0.2) is 9.97 Å². The molecular formula is C23H18N4O4. The minimum Gasteiger partial charge on any atom is -0.485 e. The monoisotopic (exact) mass is 414 g/mol. The van der Waals surface area contributed by atoms with Crippen LogP contribution >= 0.6 is 0 Å². The number of carbonyl (C=O) groups is 1. The van der Waals surface area contributed by atoms with Gasteiger partial charge in [-0.15, -0.1) is 0 Å². The zero-order chi connectivity index (χ0) is 21.0. The number of benzene rings is 2. The molecular weight excluding hydrogens is 396 g/mol. The van der Waals surface area contributed by atoms with Gasteiger partial charge in [0.05, 0.1) is 0 Å². The van der Waals surface area contributed by atoms with Crippen LogP contribution in [0, 0.1) is 0 Å². The standard InChI is InChI=1S/C23H18N4O4/c28-23(20-14-29-18-5-1-2-6-19(18)31-20)26-16-7-9-17(10-8-16)30-22-13-21(24-15-25-22)27-11-3-4-12-27/h1-13,15,20H,14H2,(H,26,28). The van der Waals surface area contributed by atoms with E-state index in [1.807, 2.05) is 41.2 Å². The van der Waals surface area contributed by atoms with E-state index >= 15 is 0 Å². The van der Waals surface area contributed by atoms with Gasteiger partial charge in [0.15, 0.2) is 11.5 Å². The molecule has 8 nitrogen and oxygen atoms in total. The highest BCUT2D eigenvalue weighted by molar-refractivity contribution is 5.94. The number of hydrogen-bond acceptors (Lipinski definition) is 6. The van der Waals surface area contributed by atoms with E-state index in [4.69, 9.17) is 14.2 Å². The third-order valence-corrected chi connectivity index (χ3v) is 4.64. The van der Waals surface area contributed by atoms with Crippen molar-refractivity contribution >= 4 is 11.6 Å². The Morgan fingerprint density at radius 1 is 1.00 bits per heavy atom. The van der Waals surface area contributed by atoms with E-state index in [2.05, 4.69) is 15.3 Å². The van der Waals surface area contributed by atoms with Gasteiger partial charge in [-0.2, -0.15) is 0 Å². The van der Waals surface area contributed by atoms with Crippen LogP contribution in [0.3, 0.4) is 0 Å². The van der Waals surface area contributed by atoms with Crippen molar-refractivity contribution in [1.29, 1.82) is 0 Å². The minimum absolute atomic E-state index is 0.154. The van der Waals surface area contributed by atoms with Crippen LogP contribution < -0.4 is 19.5 Å². The molecule has 31 heavy (non-hydrogen) atoms. The summed E-state index contributed by atoms with van der Waals surface area (Å²) in [5.41, 5.74) is 0.621. The van der Waals surface area contributed by atoms with Crippen molar-refractivity contribution in [3.8, 4) is 28.9 Å². The highest BCUT2D eigenvalue weighted by Crippen LogP contribution is 2.31. The Labute approximate surface area is 178 Å². The van der Waals surface area contributed by atoms with Crippen molar-refractivity contribution in [3.63, 3.8) is 0 Å². The number of rotatable bonds is 5. The minimum atomic E-state index is -0.723. The summed E-state index contributed by atoms with van der Waals surface area (Å²) in [5, 5.41) is 2.83. The maximum absolute atomic E-state index is 12.5. The van der Waals surface area contributed by atoms with E-state index < -0.39 is 6.10 Å². The molecule has 154 valence electrons. The molecule has 2 aromatic heterocycles. The van der Waals surface area contributed by atoms with Gasteiger partial charge in [-0.05, 0) is 48.5 Å². The topological polar surface area (TPSA) is 87.5 Å². The van der Waals surface area contributed by atoms with E-state index in [0.29, 0.717) is 34.6 Å². The van der Waals surface area contributed by atoms with Gasteiger partial charge in [0, 0.05) is 24.1 Å². The molecule has 3 heterocycles. The van der Waals surface area contributed by atoms with Gasteiger partial charge in [-0.1, -0.05) is 12.1 Å². The molecule has 1 atom stereocenters. The third kappa shape index (κ3) is 4.18. The smallest absolute Gasteiger partial charge is 0.269 e. The van der Waals surface area contributed by atoms with Gasteiger partial charge in [0.1, 0.15) is 24.5 Å². The van der Waals surface area contributed by atoms with Crippen molar-refractivity contribution in [3.05, 3.63) is 85.5 Å². The fourth-order valence-electron chi connectivity index (χ4n) is 3.11. The lowest BCUT2D eigenvalue weighted by Crippen LogP contribution is -2.40. The summed E-state index contributed by atoms with van der Waals surface area (Å²) in [5.74, 6) is 2.62. The molecule has 0 bridgehead atoms. The molecule has 1 unspecified atom stereocenters. The van der Waals surface area contributed by atoms with Gasteiger partial charge in [0.25, 0.3) is 5.91 Å². The molecule has 1 N–H and O–H groups in total. The zero-order valence-corrected chi connectivity index (χ0v) is 16.3. The molecule has 8 heteroatoms. The molecule has 4 aromatic rings. The van der Waals surface area contributed by atoms with Crippen molar-refractivity contribution in [2.24, 2.45) is 0 Å². The molecule has 0 aliphatic carbocycles. The van der Waals surface area contributed by atoms with E-state index in [1.54, 1.807) is 42.5 Å². The number of carbonyl (C=O) groups excluding carboxylic acids is 1. The third-order valence-electron chi connectivity index (χ3n) is 4.64. The Bertz CT molecular complexity index is 1190. The molecule has 0 saturated heterocycles. The highest BCUT2D eigenvalue weighted by atomic mass is 16.6. The summed E-state index contributed by atoms with van der Waals surface area (Å²) in [6, 6.07) is 19.8. The molecule has 0 spiro atoms. The van der Waals surface area contributed by atoms with Crippen LogP contribution in [0.2, 0.25) is 0 Å². The largest absolute Gasteiger partial charge is 0.485 e. The first kappa shape index (κ1) is 18.7. The summed E-state index contributed by atoms with van der Waals surface area (Å²) >= 11 is 0. The second-order valence-corrected chi connectivity index (χ2v) is 6.78. The number of nitrogens with one attached hydrogen (secondary N) is 1.